The summed E-state index contributed by atoms with van der Waals surface area (Å²) < 4.78 is 0. The first-order valence-electron chi connectivity index (χ1n) is 6.46. The van der Waals surface area contributed by atoms with Gasteiger partial charge in [0, 0.05) is 12.0 Å². The van der Waals surface area contributed by atoms with Crippen molar-refractivity contribution in [2.45, 2.75) is 37.8 Å². The molecular formula is C14H18N2S. The monoisotopic (exact) mass is 246 g/mol. The second-order valence-corrected chi connectivity index (χ2v) is 5.47. The predicted octanol–water partition coefficient (Wildman–Crippen LogP) is 2.76. The molecule has 0 spiro atoms. The van der Waals surface area contributed by atoms with E-state index in [1.807, 2.05) is 0 Å². The molecule has 3 atom stereocenters. The van der Waals surface area contributed by atoms with Gasteiger partial charge in [0.25, 0.3) is 0 Å². The Balaban J connectivity index is 1.88. The normalized spacial score (nSPS) is 32.2. The van der Waals surface area contributed by atoms with Crippen molar-refractivity contribution in [3.63, 3.8) is 0 Å². The Morgan fingerprint density at radius 3 is 2.59 bits per heavy atom. The predicted molar refractivity (Wildman–Crippen MR) is 73.8 cm³/mol. The number of benzene rings is 1. The molecule has 0 radical (unpaired) electrons. The van der Waals surface area contributed by atoms with Gasteiger partial charge >= 0.3 is 0 Å². The molecule has 17 heavy (non-hydrogen) atoms. The van der Waals surface area contributed by atoms with Crippen molar-refractivity contribution >= 4 is 17.3 Å². The van der Waals surface area contributed by atoms with E-state index in [2.05, 4.69) is 41.0 Å². The number of hydrogen-bond donors (Lipinski definition) is 2. The van der Waals surface area contributed by atoms with Crippen LogP contribution in [0.5, 0.6) is 0 Å². The van der Waals surface area contributed by atoms with Crippen LogP contribution in [0.15, 0.2) is 30.3 Å². The van der Waals surface area contributed by atoms with Crippen LogP contribution in [0.3, 0.4) is 0 Å². The summed E-state index contributed by atoms with van der Waals surface area (Å²) in [5, 5.41) is 7.71. The number of fused-ring (bicyclic) bond motifs is 1. The van der Waals surface area contributed by atoms with Crippen LogP contribution < -0.4 is 10.6 Å². The summed E-state index contributed by atoms with van der Waals surface area (Å²) in [5.41, 5.74) is 1.37. The molecule has 3 rings (SSSR count). The first-order valence-corrected chi connectivity index (χ1v) is 6.87. The summed E-state index contributed by atoms with van der Waals surface area (Å²) in [4.78, 5) is 0. The van der Waals surface area contributed by atoms with Gasteiger partial charge in [-0.2, -0.15) is 0 Å². The summed E-state index contributed by atoms with van der Waals surface area (Å²) in [6.07, 6.45) is 5.24. The lowest BCUT2D eigenvalue weighted by molar-refractivity contribution is 0.215. The van der Waals surface area contributed by atoms with Crippen molar-refractivity contribution in [3.8, 4) is 0 Å². The number of nitrogens with one attached hydrogen (secondary N) is 2. The molecule has 1 aromatic carbocycles. The third-order valence-electron chi connectivity index (χ3n) is 4.01. The van der Waals surface area contributed by atoms with Crippen LogP contribution in [-0.2, 0) is 0 Å². The van der Waals surface area contributed by atoms with E-state index in [0.717, 1.165) is 5.11 Å². The molecule has 1 aliphatic carbocycles. The molecule has 90 valence electrons. The highest BCUT2D eigenvalue weighted by atomic mass is 32.1. The van der Waals surface area contributed by atoms with Gasteiger partial charge in [-0.15, -0.1) is 0 Å². The SMILES string of the molecule is S=C1NC2CCCCC2C(c2ccccc2)N1. The highest BCUT2D eigenvalue weighted by molar-refractivity contribution is 7.80. The Hall–Kier alpha value is -1.09. The maximum atomic E-state index is 5.33. The van der Waals surface area contributed by atoms with Gasteiger partial charge < -0.3 is 10.6 Å². The minimum atomic E-state index is 0.398. The standard InChI is InChI=1S/C14H18N2S/c17-14-15-12-9-5-4-8-11(12)13(16-14)10-6-2-1-3-7-10/h1-3,6-7,11-13H,4-5,8-9H2,(H2,15,16,17). The first-order chi connectivity index (χ1) is 8.34. The molecule has 3 unspecified atom stereocenters. The second kappa shape index (κ2) is 4.65. The largest absolute Gasteiger partial charge is 0.360 e. The van der Waals surface area contributed by atoms with E-state index < -0.39 is 0 Å². The van der Waals surface area contributed by atoms with E-state index in [0.29, 0.717) is 18.0 Å². The van der Waals surface area contributed by atoms with Crippen LogP contribution >= 0.6 is 12.2 Å². The van der Waals surface area contributed by atoms with Crippen molar-refractivity contribution in [1.29, 1.82) is 0 Å². The van der Waals surface area contributed by atoms with Crippen LogP contribution in [0.2, 0.25) is 0 Å². The molecule has 0 aromatic heterocycles. The quantitative estimate of drug-likeness (QED) is 0.745. The van der Waals surface area contributed by atoms with E-state index in [4.69, 9.17) is 12.2 Å². The Kier molecular flexibility index (Phi) is 3.02. The molecule has 2 nitrogen and oxygen atoms in total. The van der Waals surface area contributed by atoms with Gasteiger partial charge in [0.15, 0.2) is 5.11 Å². The van der Waals surface area contributed by atoms with Crippen molar-refractivity contribution in [1.82, 2.24) is 10.6 Å². The van der Waals surface area contributed by atoms with Crippen LogP contribution in [0, 0.1) is 5.92 Å². The van der Waals surface area contributed by atoms with Crippen molar-refractivity contribution in [2.75, 3.05) is 0 Å². The maximum absolute atomic E-state index is 5.33. The lowest BCUT2D eigenvalue weighted by atomic mass is 9.76. The van der Waals surface area contributed by atoms with E-state index in [1.165, 1.54) is 31.2 Å². The molecule has 2 N–H and O–H groups in total. The molecule has 1 aliphatic heterocycles. The average Bonchev–Trinajstić information content (AvgIpc) is 2.39. The Morgan fingerprint density at radius 2 is 1.76 bits per heavy atom. The zero-order chi connectivity index (χ0) is 11.7. The topological polar surface area (TPSA) is 24.1 Å². The number of rotatable bonds is 1. The third-order valence-corrected chi connectivity index (χ3v) is 4.25. The first kappa shape index (κ1) is 11.0. The van der Waals surface area contributed by atoms with Gasteiger partial charge in [0.2, 0.25) is 0 Å². The molecule has 3 heteroatoms. The Bertz CT molecular complexity index is 404. The molecule has 1 heterocycles. The molecule has 1 saturated carbocycles. The fourth-order valence-corrected chi connectivity index (χ4v) is 3.47. The Labute approximate surface area is 108 Å². The zero-order valence-electron chi connectivity index (χ0n) is 9.86. The van der Waals surface area contributed by atoms with Crippen molar-refractivity contribution in [2.24, 2.45) is 5.92 Å². The van der Waals surface area contributed by atoms with Crippen LogP contribution in [0.1, 0.15) is 37.3 Å². The van der Waals surface area contributed by atoms with Crippen LogP contribution in [0.4, 0.5) is 0 Å². The summed E-state index contributed by atoms with van der Waals surface area (Å²) in [6.45, 7) is 0. The number of thiocarbonyl (C=S) groups is 1. The van der Waals surface area contributed by atoms with Crippen LogP contribution in [0.25, 0.3) is 0 Å². The second-order valence-electron chi connectivity index (χ2n) is 5.06. The minimum Gasteiger partial charge on any atom is -0.360 e. The Morgan fingerprint density at radius 1 is 1.00 bits per heavy atom. The van der Waals surface area contributed by atoms with Gasteiger partial charge in [-0.3, -0.25) is 0 Å². The highest BCUT2D eigenvalue weighted by Gasteiger charge is 2.36. The molecule has 0 amide bonds. The number of hydrogen-bond acceptors (Lipinski definition) is 1. The van der Waals surface area contributed by atoms with E-state index in [1.54, 1.807) is 0 Å². The molecule has 1 saturated heterocycles. The fraction of sp³-hybridized carbons (Fsp3) is 0.500. The minimum absolute atomic E-state index is 0.398. The van der Waals surface area contributed by atoms with E-state index >= 15 is 0 Å². The van der Waals surface area contributed by atoms with Gasteiger partial charge in [0.05, 0.1) is 6.04 Å². The molecule has 2 fully saturated rings. The highest BCUT2D eigenvalue weighted by Crippen LogP contribution is 2.36. The van der Waals surface area contributed by atoms with Gasteiger partial charge in [-0.25, -0.2) is 0 Å². The molecule has 1 aromatic rings. The smallest absolute Gasteiger partial charge is 0.167 e. The summed E-state index contributed by atoms with van der Waals surface area (Å²) >= 11 is 5.33. The molecule has 0 bridgehead atoms. The molecule has 2 aliphatic rings. The van der Waals surface area contributed by atoms with E-state index in [9.17, 15) is 0 Å². The molecular weight excluding hydrogens is 228 g/mol. The third kappa shape index (κ3) is 2.16. The van der Waals surface area contributed by atoms with Gasteiger partial charge in [0.1, 0.15) is 0 Å². The van der Waals surface area contributed by atoms with Crippen LogP contribution in [-0.4, -0.2) is 11.2 Å². The van der Waals surface area contributed by atoms with Gasteiger partial charge in [-0.1, -0.05) is 43.2 Å². The van der Waals surface area contributed by atoms with Crippen molar-refractivity contribution in [3.05, 3.63) is 35.9 Å². The van der Waals surface area contributed by atoms with E-state index in [-0.39, 0.29) is 0 Å². The fourth-order valence-electron chi connectivity index (χ4n) is 3.19. The van der Waals surface area contributed by atoms with Crippen molar-refractivity contribution < 1.29 is 0 Å². The zero-order valence-corrected chi connectivity index (χ0v) is 10.7. The summed E-state index contributed by atoms with van der Waals surface area (Å²) in [6, 6.07) is 11.7. The summed E-state index contributed by atoms with van der Waals surface area (Å²) in [7, 11) is 0. The van der Waals surface area contributed by atoms with Gasteiger partial charge in [-0.05, 0) is 30.6 Å². The lowest BCUT2D eigenvalue weighted by Crippen LogP contribution is -2.57. The lowest BCUT2D eigenvalue weighted by Gasteiger charge is -2.43. The maximum Gasteiger partial charge on any atom is 0.167 e. The average molecular weight is 246 g/mol. The summed E-state index contributed by atoms with van der Waals surface area (Å²) in [5.74, 6) is 0.679.